The lowest BCUT2D eigenvalue weighted by atomic mass is 10.0. The number of ether oxygens (including phenoxy) is 1. The van der Waals surface area contributed by atoms with E-state index in [2.05, 4.69) is 11.0 Å². The summed E-state index contributed by atoms with van der Waals surface area (Å²) in [5.41, 5.74) is 1.14. The number of methoxy groups -OCH3 is 1. The Hall–Kier alpha value is -2.08. The maximum absolute atomic E-state index is 12.8. The van der Waals surface area contributed by atoms with Gasteiger partial charge in [-0.25, -0.2) is 0 Å². The third-order valence-electron chi connectivity index (χ3n) is 5.23. The van der Waals surface area contributed by atoms with Gasteiger partial charge in [0, 0.05) is 39.6 Å². The first kappa shape index (κ1) is 17.7. The third kappa shape index (κ3) is 4.12. The van der Waals surface area contributed by atoms with E-state index in [4.69, 9.17) is 4.74 Å². The Balaban J connectivity index is 1.60. The van der Waals surface area contributed by atoms with Crippen molar-refractivity contribution in [2.45, 2.75) is 25.8 Å². The molecule has 2 aliphatic rings. The smallest absolute Gasteiger partial charge is 0.237 e. The first-order valence-corrected chi connectivity index (χ1v) is 9.00. The normalized spacial score (nSPS) is 21.4. The number of rotatable bonds is 4. The molecule has 0 radical (unpaired) electrons. The molecule has 0 spiro atoms. The van der Waals surface area contributed by atoms with Crippen LogP contribution in [0.1, 0.15) is 31.4 Å². The summed E-state index contributed by atoms with van der Waals surface area (Å²) in [6.45, 7) is 5.81. The Morgan fingerprint density at radius 2 is 1.92 bits per heavy atom. The average molecular weight is 345 g/mol. The standard InChI is InChI=1S/C19H27N3O3/c1-15(23)21-11-9-20(10-12-21)14-19(24)22-8-4-7-18(22)16-5-3-6-17(13-16)25-2/h3,5-6,13,18H,4,7-12,14H2,1-2H3/t18-/m1/s1. The van der Waals surface area contributed by atoms with Crippen molar-refractivity contribution in [2.24, 2.45) is 0 Å². The van der Waals surface area contributed by atoms with E-state index < -0.39 is 0 Å². The quantitative estimate of drug-likeness (QED) is 0.830. The van der Waals surface area contributed by atoms with Crippen molar-refractivity contribution < 1.29 is 14.3 Å². The molecule has 2 fully saturated rings. The second kappa shape index (κ2) is 7.87. The van der Waals surface area contributed by atoms with Crippen molar-refractivity contribution in [1.29, 1.82) is 0 Å². The summed E-state index contributed by atoms with van der Waals surface area (Å²) in [4.78, 5) is 30.3. The number of benzene rings is 1. The van der Waals surface area contributed by atoms with E-state index in [-0.39, 0.29) is 17.9 Å². The molecule has 1 atom stereocenters. The van der Waals surface area contributed by atoms with Gasteiger partial charge in [-0.05, 0) is 30.5 Å². The van der Waals surface area contributed by atoms with Gasteiger partial charge >= 0.3 is 0 Å². The molecule has 0 saturated carbocycles. The van der Waals surface area contributed by atoms with Crippen LogP contribution >= 0.6 is 0 Å². The minimum absolute atomic E-state index is 0.114. The molecule has 2 saturated heterocycles. The lowest BCUT2D eigenvalue weighted by molar-refractivity contribution is -0.134. The Morgan fingerprint density at radius 1 is 1.16 bits per heavy atom. The minimum atomic E-state index is 0.114. The summed E-state index contributed by atoms with van der Waals surface area (Å²) >= 11 is 0. The second-order valence-corrected chi connectivity index (χ2v) is 6.80. The van der Waals surface area contributed by atoms with Gasteiger partial charge in [-0.1, -0.05) is 12.1 Å². The van der Waals surface area contributed by atoms with Crippen molar-refractivity contribution >= 4 is 11.8 Å². The molecule has 1 aromatic carbocycles. The first-order valence-electron chi connectivity index (χ1n) is 9.00. The molecule has 3 rings (SSSR count). The van der Waals surface area contributed by atoms with Crippen LogP contribution in [0.25, 0.3) is 0 Å². The van der Waals surface area contributed by atoms with Crippen molar-refractivity contribution in [3.8, 4) is 5.75 Å². The van der Waals surface area contributed by atoms with Gasteiger partial charge in [-0.3, -0.25) is 14.5 Å². The lowest BCUT2D eigenvalue weighted by Crippen LogP contribution is -2.51. The molecular weight excluding hydrogens is 318 g/mol. The van der Waals surface area contributed by atoms with Crippen LogP contribution in [0.5, 0.6) is 5.75 Å². The highest BCUT2D eigenvalue weighted by Gasteiger charge is 2.31. The second-order valence-electron chi connectivity index (χ2n) is 6.80. The van der Waals surface area contributed by atoms with Crippen LogP contribution < -0.4 is 4.74 Å². The van der Waals surface area contributed by atoms with E-state index in [1.54, 1.807) is 14.0 Å². The first-order chi connectivity index (χ1) is 12.1. The fraction of sp³-hybridized carbons (Fsp3) is 0.579. The predicted molar refractivity (Wildman–Crippen MR) is 95.4 cm³/mol. The molecule has 0 bridgehead atoms. The van der Waals surface area contributed by atoms with Gasteiger partial charge in [0.05, 0.1) is 19.7 Å². The fourth-order valence-corrected chi connectivity index (χ4v) is 3.76. The molecule has 136 valence electrons. The Bertz CT molecular complexity index is 626. The highest BCUT2D eigenvalue weighted by molar-refractivity contribution is 5.79. The zero-order chi connectivity index (χ0) is 17.8. The third-order valence-corrected chi connectivity index (χ3v) is 5.23. The summed E-state index contributed by atoms with van der Waals surface area (Å²) < 4.78 is 5.32. The van der Waals surface area contributed by atoms with Crippen LogP contribution in [-0.2, 0) is 9.59 Å². The van der Waals surface area contributed by atoms with Gasteiger partial charge in [-0.15, -0.1) is 0 Å². The molecule has 2 heterocycles. The molecule has 6 heteroatoms. The molecule has 0 N–H and O–H groups in total. The van der Waals surface area contributed by atoms with Crippen molar-refractivity contribution in [3.05, 3.63) is 29.8 Å². The van der Waals surface area contributed by atoms with Gasteiger partial charge in [0.25, 0.3) is 0 Å². The van der Waals surface area contributed by atoms with E-state index in [0.717, 1.165) is 43.8 Å². The van der Waals surface area contributed by atoms with E-state index in [1.165, 1.54) is 0 Å². The maximum atomic E-state index is 12.8. The van der Waals surface area contributed by atoms with Crippen molar-refractivity contribution in [3.63, 3.8) is 0 Å². The van der Waals surface area contributed by atoms with Gasteiger partial charge in [0.2, 0.25) is 11.8 Å². The number of likely N-dealkylation sites (tertiary alicyclic amines) is 1. The topological polar surface area (TPSA) is 53.1 Å². The maximum Gasteiger partial charge on any atom is 0.237 e. The van der Waals surface area contributed by atoms with E-state index >= 15 is 0 Å². The summed E-state index contributed by atoms with van der Waals surface area (Å²) in [6, 6.07) is 8.16. The number of hydrogen-bond acceptors (Lipinski definition) is 4. The zero-order valence-electron chi connectivity index (χ0n) is 15.1. The Morgan fingerprint density at radius 3 is 2.60 bits per heavy atom. The summed E-state index contributed by atoms with van der Waals surface area (Å²) in [5, 5.41) is 0. The molecule has 6 nitrogen and oxygen atoms in total. The molecule has 2 amide bonds. The number of hydrogen-bond donors (Lipinski definition) is 0. The number of amides is 2. The summed E-state index contributed by atoms with van der Waals surface area (Å²) in [7, 11) is 1.66. The molecular formula is C19H27N3O3. The van der Waals surface area contributed by atoms with Crippen LogP contribution in [-0.4, -0.2) is 72.9 Å². The largest absolute Gasteiger partial charge is 0.497 e. The number of piperazine rings is 1. The zero-order valence-corrected chi connectivity index (χ0v) is 15.1. The SMILES string of the molecule is COc1cccc([C@H]2CCCN2C(=O)CN2CCN(C(C)=O)CC2)c1. The molecule has 25 heavy (non-hydrogen) atoms. The monoisotopic (exact) mass is 345 g/mol. The van der Waals surface area contributed by atoms with Crippen LogP contribution in [0.3, 0.4) is 0 Å². The fourth-order valence-electron chi connectivity index (χ4n) is 3.76. The lowest BCUT2D eigenvalue weighted by Gasteiger charge is -2.35. The molecule has 0 unspecified atom stereocenters. The van der Waals surface area contributed by atoms with Gasteiger partial charge in [0.15, 0.2) is 0 Å². The highest BCUT2D eigenvalue weighted by Crippen LogP contribution is 2.33. The predicted octanol–water partition coefficient (Wildman–Crippen LogP) is 1.52. The minimum Gasteiger partial charge on any atom is -0.497 e. The molecule has 0 aromatic heterocycles. The van der Waals surface area contributed by atoms with Crippen molar-refractivity contribution in [2.75, 3.05) is 46.4 Å². The Kier molecular flexibility index (Phi) is 5.58. The Labute approximate surface area is 149 Å². The summed E-state index contributed by atoms with van der Waals surface area (Å²) in [5.74, 6) is 1.13. The van der Waals surface area contributed by atoms with Crippen LogP contribution in [0.2, 0.25) is 0 Å². The molecule has 1 aromatic rings. The van der Waals surface area contributed by atoms with Gasteiger partial charge in [0.1, 0.15) is 5.75 Å². The van der Waals surface area contributed by atoms with Crippen LogP contribution in [0, 0.1) is 0 Å². The van der Waals surface area contributed by atoms with E-state index in [1.807, 2.05) is 28.0 Å². The number of carbonyl (C=O) groups excluding carboxylic acids is 2. The molecule has 0 aliphatic carbocycles. The van der Waals surface area contributed by atoms with Crippen molar-refractivity contribution in [1.82, 2.24) is 14.7 Å². The molecule has 2 aliphatic heterocycles. The van der Waals surface area contributed by atoms with Gasteiger partial charge < -0.3 is 14.5 Å². The van der Waals surface area contributed by atoms with Crippen LogP contribution in [0.4, 0.5) is 0 Å². The average Bonchev–Trinajstić information content (AvgIpc) is 3.12. The van der Waals surface area contributed by atoms with Gasteiger partial charge in [-0.2, -0.15) is 0 Å². The summed E-state index contributed by atoms with van der Waals surface area (Å²) in [6.07, 6.45) is 2.03. The number of nitrogens with zero attached hydrogens (tertiary/aromatic N) is 3. The number of carbonyl (C=O) groups is 2. The van der Waals surface area contributed by atoms with E-state index in [9.17, 15) is 9.59 Å². The highest BCUT2D eigenvalue weighted by atomic mass is 16.5. The van der Waals surface area contributed by atoms with E-state index in [0.29, 0.717) is 19.6 Å². The van der Waals surface area contributed by atoms with Crippen LogP contribution in [0.15, 0.2) is 24.3 Å².